The van der Waals surface area contributed by atoms with E-state index in [0.29, 0.717) is 44.1 Å². The van der Waals surface area contributed by atoms with E-state index in [-0.39, 0.29) is 17.2 Å². The number of esters is 1. The maximum Gasteiger partial charge on any atom is 0.311 e. The summed E-state index contributed by atoms with van der Waals surface area (Å²) in [4.78, 5) is 24.5. The Hall–Kier alpha value is -2.47. The van der Waals surface area contributed by atoms with Crippen LogP contribution in [0.3, 0.4) is 0 Å². The molecule has 174 valence electrons. The predicted molar refractivity (Wildman–Crippen MR) is 118 cm³/mol. The van der Waals surface area contributed by atoms with Crippen LogP contribution in [-0.2, 0) is 41.9 Å². The van der Waals surface area contributed by atoms with Gasteiger partial charge in [-0.25, -0.2) is 8.42 Å². The zero-order valence-electron chi connectivity index (χ0n) is 17.7. The highest BCUT2D eigenvalue weighted by Crippen LogP contribution is 2.26. The van der Waals surface area contributed by atoms with Gasteiger partial charge in [0.25, 0.3) is 15.9 Å². The number of benzene rings is 1. The van der Waals surface area contributed by atoms with Gasteiger partial charge < -0.3 is 19.5 Å². The van der Waals surface area contributed by atoms with Crippen LogP contribution in [0, 0.1) is 0 Å². The third-order valence-electron chi connectivity index (χ3n) is 4.78. The van der Waals surface area contributed by atoms with E-state index in [0.717, 1.165) is 22.6 Å². The maximum absolute atomic E-state index is 12.6. The van der Waals surface area contributed by atoms with Crippen molar-refractivity contribution in [2.75, 3.05) is 46.6 Å². The van der Waals surface area contributed by atoms with Gasteiger partial charge in [0.1, 0.15) is 9.96 Å². The monoisotopic (exact) mass is 482 g/mol. The van der Waals surface area contributed by atoms with E-state index in [1.165, 1.54) is 10.4 Å². The molecule has 2 aromatic rings. The molecular formula is C21H26N2O7S2. The average Bonchev–Trinajstić information content (AvgIpc) is 3.28. The zero-order valence-corrected chi connectivity index (χ0v) is 19.4. The molecule has 1 fully saturated rings. The number of amides is 1. The molecule has 0 unspecified atom stereocenters. The highest BCUT2D eigenvalue weighted by molar-refractivity contribution is 7.91. The molecule has 32 heavy (non-hydrogen) atoms. The van der Waals surface area contributed by atoms with E-state index in [4.69, 9.17) is 14.2 Å². The lowest BCUT2D eigenvalue weighted by Crippen LogP contribution is -2.40. The van der Waals surface area contributed by atoms with Crippen LogP contribution in [0.25, 0.3) is 0 Å². The molecular weight excluding hydrogens is 456 g/mol. The number of ether oxygens (including phenoxy) is 3. The summed E-state index contributed by atoms with van der Waals surface area (Å²) in [5.41, 5.74) is 1.05. The lowest BCUT2D eigenvalue weighted by molar-refractivity contribution is -0.147. The van der Waals surface area contributed by atoms with E-state index in [1.807, 2.05) is 24.3 Å². The number of carbonyl (C=O) groups is 2. The Labute approximate surface area is 191 Å². The van der Waals surface area contributed by atoms with Gasteiger partial charge in [-0.2, -0.15) is 4.31 Å². The van der Waals surface area contributed by atoms with Gasteiger partial charge in [-0.15, -0.1) is 11.3 Å². The Bertz CT molecular complexity index is 1010. The summed E-state index contributed by atoms with van der Waals surface area (Å²) in [6.45, 7) is 1.39. The second-order valence-electron chi connectivity index (χ2n) is 7.02. The second kappa shape index (κ2) is 11.4. The SMILES string of the molecule is COc1ccc(CCNC(=O)COC(=O)Cc2ccc(S(=O)(=O)N3CCOCC3)s2)cc1. The number of sulfonamides is 1. The number of morpholine rings is 1. The van der Waals surface area contributed by atoms with Crippen LogP contribution in [-0.4, -0.2) is 71.2 Å². The van der Waals surface area contributed by atoms with E-state index < -0.39 is 21.9 Å². The Morgan fingerprint density at radius 3 is 2.53 bits per heavy atom. The van der Waals surface area contributed by atoms with Crippen molar-refractivity contribution >= 4 is 33.2 Å². The van der Waals surface area contributed by atoms with Crippen molar-refractivity contribution in [3.63, 3.8) is 0 Å². The number of rotatable bonds is 10. The van der Waals surface area contributed by atoms with Crippen molar-refractivity contribution in [3.8, 4) is 5.75 Å². The number of hydrogen-bond donors (Lipinski definition) is 1. The Kier molecular flexibility index (Phi) is 8.62. The van der Waals surface area contributed by atoms with Crippen LogP contribution in [0.5, 0.6) is 5.75 Å². The zero-order chi connectivity index (χ0) is 23.0. The minimum Gasteiger partial charge on any atom is -0.497 e. The fraction of sp³-hybridized carbons (Fsp3) is 0.429. The first-order valence-electron chi connectivity index (χ1n) is 10.1. The molecule has 3 rings (SSSR count). The molecule has 2 heterocycles. The van der Waals surface area contributed by atoms with Gasteiger partial charge >= 0.3 is 5.97 Å². The van der Waals surface area contributed by atoms with Crippen molar-refractivity contribution in [2.45, 2.75) is 17.1 Å². The van der Waals surface area contributed by atoms with E-state index >= 15 is 0 Å². The maximum atomic E-state index is 12.6. The van der Waals surface area contributed by atoms with Crippen molar-refractivity contribution in [2.24, 2.45) is 0 Å². The van der Waals surface area contributed by atoms with Crippen LogP contribution in [0.15, 0.2) is 40.6 Å². The highest BCUT2D eigenvalue weighted by atomic mass is 32.2. The standard InChI is InChI=1S/C21H26N2O7S2/c1-28-17-4-2-16(3-5-17)8-9-22-19(24)15-30-20(25)14-18-6-7-21(31-18)32(26,27)23-10-12-29-13-11-23/h2-7H,8-15H2,1H3,(H,22,24). The summed E-state index contributed by atoms with van der Waals surface area (Å²) < 4.78 is 42.1. The van der Waals surface area contributed by atoms with Gasteiger partial charge in [0, 0.05) is 24.5 Å². The second-order valence-corrected chi connectivity index (χ2v) is 10.4. The summed E-state index contributed by atoms with van der Waals surface area (Å²) in [6, 6.07) is 10.6. The number of methoxy groups -OCH3 is 1. The molecule has 1 aromatic heterocycles. The number of thiophene rings is 1. The van der Waals surface area contributed by atoms with Crippen LogP contribution in [0.1, 0.15) is 10.4 Å². The Balaban J connectivity index is 1.39. The van der Waals surface area contributed by atoms with Crippen LogP contribution >= 0.6 is 11.3 Å². The molecule has 9 nitrogen and oxygen atoms in total. The fourth-order valence-corrected chi connectivity index (χ4v) is 5.94. The van der Waals surface area contributed by atoms with Crippen LogP contribution in [0.4, 0.5) is 0 Å². The van der Waals surface area contributed by atoms with Gasteiger partial charge in [0.15, 0.2) is 6.61 Å². The smallest absolute Gasteiger partial charge is 0.311 e. The molecule has 11 heteroatoms. The molecule has 0 spiro atoms. The quantitative estimate of drug-likeness (QED) is 0.507. The third kappa shape index (κ3) is 6.76. The Morgan fingerprint density at radius 1 is 1.12 bits per heavy atom. The minimum absolute atomic E-state index is 0.0948. The van der Waals surface area contributed by atoms with Crippen LogP contribution in [0.2, 0.25) is 0 Å². The number of nitrogens with one attached hydrogen (secondary N) is 1. The molecule has 1 saturated heterocycles. The molecule has 0 saturated carbocycles. The largest absolute Gasteiger partial charge is 0.497 e. The van der Waals surface area contributed by atoms with Crippen molar-refractivity contribution in [1.29, 1.82) is 0 Å². The first-order valence-corrected chi connectivity index (χ1v) is 12.4. The van der Waals surface area contributed by atoms with Crippen molar-refractivity contribution in [1.82, 2.24) is 9.62 Å². The first kappa shape index (κ1) is 24.2. The highest BCUT2D eigenvalue weighted by Gasteiger charge is 2.28. The summed E-state index contributed by atoms with van der Waals surface area (Å²) in [6.07, 6.45) is 0.543. The molecule has 0 radical (unpaired) electrons. The predicted octanol–water partition coefficient (Wildman–Crippen LogP) is 1.22. The van der Waals surface area contributed by atoms with Gasteiger partial charge in [-0.1, -0.05) is 12.1 Å². The molecule has 0 atom stereocenters. The van der Waals surface area contributed by atoms with E-state index in [1.54, 1.807) is 13.2 Å². The van der Waals surface area contributed by atoms with Gasteiger partial charge in [0.2, 0.25) is 0 Å². The summed E-state index contributed by atoms with van der Waals surface area (Å²) >= 11 is 1.03. The molecule has 0 aliphatic carbocycles. The lowest BCUT2D eigenvalue weighted by Gasteiger charge is -2.25. The van der Waals surface area contributed by atoms with Crippen molar-refractivity contribution in [3.05, 3.63) is 46.8 Å². The summed E-state index contributed by atoms with van der Waals surface area (Å²) in [5.74, 6) is -0.220. The van der Waals surface area contributed by atoms with Crippen LogP contribution < -0.4 is 10.1 Å². The topological polar surface area (TPSA) is 111 Å². The third-order valence-corrected chi connectivity index (χ3v) is 8.23. The number of carbonyl (C=O) groups excluding carboxylic acids is 2. The van der Waals surface area contributed by atoms with E-state index in [9.17, 15) is 18.0 Å². The fourth-order valence-electron chi connectivity index (χ4n) is 3.03. The molecule has 1 N–H and O–H groups in total. The molecule has 1 aliphatic heterocycles. The molecule has 0 bridgehead atoms. The van der Waals surface area contributed by atoms with Gasteiger partial charge in [-0.05, 0) is 36.2 Å². The first-order chi connectivity index (χ1) is 15.4. The minimum atomic E-state index is -3.59. The van der Waals surface area contributed by atoms with Crippen molar-refractivity contribution < 1.29 is 32.2 Å². The van der Waals surface area contributed by atoms with Gasteiger partial charge in [-0.3, -0.25) is 9.59 Å². The number of nitrogens with zero attached hydrogens (tertiary/aromatic N) is 1. The van der Waals surface area contributed by atoms with Gasteiger partial charge in [0.05, 0.1) is 26.7 Å². The Morgan fingerprint density at radius 2 is 1.84 bits per heavy atom. The summed E-state index contributed by atoms with van der Waals surface area (Å²) in [5, 5.41) is 2.70. The lowest BCUT2D eigenvalue weighted by atomic mass is 10.1. The molecule has 1 aliphatic rings. The molecule has 1 amide bonds. The normalized spacial score (nSPS) is 14.7. The summed E-state index contributed by atoms with van der Waals surface area (Å²) in [7, 11) is -1.99. The molecule has 1 aromatic carbocycles. The van der Waals surface area contributed by atoms with E-state index in [2.05, 4.69) is 5.32 Å². The average molecular weight is 483 g/mol. The number of hydrogen-bond acceptors (Lipinski definition) is 8.